The lowest BCUT2D eigenvalue weighted by atomic mass is 10.1. The van der Waals surface area contributed by atoms with Gasteiger partial charge in [0.1, 0.15) is 0 Å². The molecule has 0 N–H and O–H groups in total. The Kier molecular flexibility index (Phi) is 2.21. The standard InChI is InChI=1S/C8H9NO2/c1-7(9(10)11)8-5-3-2-4-6-8/h2-7H,1H3/t7-/m1/s1. The van der Waals surface area contributed by atoms with Gasteiger partial charge in [-0.1, -0.05) is 30.3 Å². The number of benzene rings is 1. The molecular formula is C8H9NO2. The fraction of sp³-hybridized carbons (Fsp3) is 0.250. The quantitative estimate of drug-likeness (QED) is 0.479. The number of nitro groups is 1. The van der Waals surface area contributed by atoms with Gasteiger partial charge in [0.15, 0.2) is 0 Å². The zero-order chi connectivity index (χ0) is 8.27. The van der Waals surface area contributed by atoms with Gasteiger partial charge in [-0.2, -0.15) is 0 Å². The highest BCUT2D eigenvalue weighted by molar-refractivity contribution is 5.16. The summed E-state index contributed by atoms with van der Waals surface area (Å²) in [4.78, 5) is 10.0. The Balaban J connectivity index is 2.85. The molecule has 0 unspecified atom stereocenters. The average Bonchev–Trinajstić information content (AvgIpc) is 2.05. The molecule has 1 aromatic carbocycles. The molecule has 0 heterocycles. The van der Waals surface area contributed by atoms with E-state index in [1.54, 1.807) is 31.2 Å². The van der Waals surface area contributed by atoms with Crippen molar-refractivity contribution < 1.29 is 4.92 Å². The molecular weight excluding hydrogens is 142 g/mol. The fourth-order valence-electron chi connectivity index (χ4n) is 0.853. The topological polar surface area (TPSA) is 43.1 Å². The maximum Gasteiger partial charge on any atom is 0.235 e. The molecule has 11 heavy (non-hydrogen) atoms. The van der Waals surface area contributed by atoms with E-state index in [9.17, 15) is 10.1 Å². The summed E-state index contributed by atoms with van der Waals surface area (Å²) < 4.78 is 0. The van der Waals surface area contributed by atoms with E-state index in [1.807, 2.05) is 6.07 Å². The highest BCUT2D eigenvalue weighted by Crippen LogP contribution is 2.13. The maximum absolute atomic E-state index is 10.3. The summed E-state index contributed by atoms with van der Waals surface area (Å²) >= 11 is 0. The van der Waals surface area contributed by atoms with Gasteiger partial charge in [0, 0.05) is 17.4 Å². The molecule has 3 nitrogen and oxygen atoms in total. The van der Waals surface area contributed by atoms with Crippen molar-refractivity contribution in [3.8, 4) is 0 Å². The SMILES string of the molecule is C[C@H](c1ccccc1)[N+](=O)[O-]. The summed E-state index contributed by atoms with van der Waals surface area (Å²) in [6, 6.07) is 8.36. The highest BCUT2D eigenvalue weighted by atomic mass is 16.6. The third kappa shape index (κ3) is 1.77. The molecule has 58 valence electrons. The summed E-state index contributed by atoms with van der Waals surface area (Å²) in [5.41, 5.74) is 0.748. The van der Waals surface area contributed by atoms with Gasteiger partial charge in [-0.3, -0.25) is 10.1 Å². The van der Waals surface area contributed by atoms with Crippen LogP contribution in [-0.4, -0.2) is 4.92 Å². The van der Waals surface area contributed by atoms with E-state index in [-0.39, 0.29) is 4.92 Å². The molecule has 1 rings (SSSR count). The largest absolute Gasteiger partial charge is 0.264 e. The summed E-state index contributed by atoms with van der Waals surface area (Å²) in [6.45, 7) is 1.58. The van der Waals surface area contributed by atoms with Crippen LogP contribution < -0.4 is 0 Å². The number of hydrogen-bond donors (Lipinski definition) is 0. The van der Waals surface area contributed by atoms with Crippen LogP contribution >= 0.6 is 0 Å². The van der Waals surface area contributed by atoms with Crippen LogP contribution in [0.3, 0.4) is 0 Å². The van der Waals surface area contributed by atoms with Crippen molar-refractivity contribution in [3.63, 3.8) is 0 Å². The molecule has 0 aliphatic carbocycles. The Morgan fingerprint density at radius 3 is 2.36 bits per heavy atom. The first-order valence-corrected chi connectivity index (χ1v) is 3.40. The molecule has 0 aliphatic heterocycles. The van der Waals surface area contributed by atoms with E-state index in [0.29, 0.717) is 0 Å². The second-order valence-electron chi connectivity index (χ2n) is 2.37. The minimum Gasteiger partial charge on any atom is -0.264 e. The molecule has 1 atom stereocenters. The Bertz CT molecular complexity index is 246. The van der Waals surface area contributed by atoms with Crippen molar-refractivity contribution in [3.05, 3.63) is 46.0 Å². The number of rotatable bonds is 2. The van der Waals surface area contributed by atoms with Gasteiger partial charge in [0.2, 0.25) is 6.04 Å². The van der Waals surface area contributed by atoms with Crippen LogP contribution in [0.5, 0.6) is 0 Å². The Morgan fingerprint density at radius 2 is 1.91 bits per heavy atom. The van der Waals surface area contributed by atoms with Crippen molar-refractivity contribution in [1.29, 1.82) is 0 Å². The van der Waals surface area contributed by atoms with Gasteiger partial charge in [-0.05, 0) is 0 Å². The second-order valence-corrected chi connectivity index (χ2v) is 2.37. The van der Waals surface area contributed by atoms with Crippen molar-refractivity contribution in [2.45, 2.75) is 13.0 Å². The van der Waals surface area contributed by atoms with Crippen LogP contribution in [0.2, 0.25) is 0 Å². The maximum atomic E-state index is 10.3. The van der Waals surface area contributed by atoms with Crippen LogP contribution in [0.25, 0.3) is 0 Å². The summed E-state index contributed by atoms with van der Waals surface area (Å²) in [7, 11) is 0. The molecule has 0 aliphatic rings. The van der Waals surface area contributed by atoms with Crippen LogP contribution in [0.4, 0.5) is 0 Å². The molecule has 0 saturated carbocycles. The Hall–Kier alpha value is -1.38. The summed E-state index contributed by atoms with van der Waals surface area (Å²) in [6.07, 6.45) is 0. The zero-order valence-corrected chi connectivity index (χ0v) is 6.23. The normalized spacial score (nSPS) is 12.5. The summed E-state index contributed by atoms with van der Waals surface area (Å²) in [5.74, 6) is 0. The lowest BCUT2D eigenvalue weighted by Gasteiger charge is -2.01. The lowest BCUT2D eigenvalue weighted by molar-refractivity contribution is -0.524. The molecule has 0 saturated heterocycles. The fourth-order valence-corrected chi connectivity index (χ4v) is 0.853. The van der Waals surface area contributed by atoms with Crippen LogP contribution in [0, 0.1) is 10.1 Å². The van der Waals surface area contributed by atoms with Gasteiger partial charge in [-0.25, -0.2) is 0 Å². The first kappa shape index (κ1) is 7.72. The van der Waals surface area contributed by atoms with Gasteiger partial charge in [-0.15, -0.1) is 0 Å². The van der Waals surface area contributed by atoms with E-state index in [2.05, 4.69) is 0 Å². The Morgan fingerprint density at radius 1 is 1.36 bits per heavy atom. The van der Waals surface area contributed by atoms with Gasteiger partial charge in [0.05, 0.1) is 0 Å². The Labute approximate surface area is 64.8 Å². The van der Waals surface area contributed by atoms with Crippen molar-refractivity contribution in [2.24, 2.45) is 0 Å². The smallest absolute Gasteiger partial charge is 0.235 e. The molecule has 0 fully saturated rings. The van der Waals surface area contributed by atoms with Crippen LogP contribution in [0.15, 0.2) is 30.3 Å². The number of hydrogen-bond acceptors (Lipinski definition) is 2. The van der Waals surface area contributed by atoms with E-state index < -0.39 is 6.04 Å². The van der Waals surface area contributed by atoms with Crippen molar-refractivity contribution >= 4 is 0 Å². The highest BCUT2D eigenvalue weighted by Gasteiger charge is 2.13. The van der Waals surface area contributed by atoms with Crippen molar-refractivity contribution in [1.82, 2.24) is 0 Å². The van der Waals surface area contributed by atoms with Crippen LogP contribution in [0.1, 0.15) is 18.5 Å². The monoisotopic (exact) mass is 151 g/mol. The third-order valence-corrected chi connectivity index (χ3v) is 1.60. The van der Waals surface area contributed by atoms with E-state index in [0.717, 1.165) is 5.56 Å². The van der Waals surface area contributed by atoms with Crippen LogP contribution in [-0.2, 0) is 0 Å². The molecule has 1 aromatic rings. The molecule has 0 spiro atoms. The predicted octanol–water partition coefficient (Wildman–Crippen LogP) is 2.02. The lowest BCUT2D eigenvalue weighted by Crippen LogP contribution is -2.05. The minimum atomic E-state index is -0.601. The second kappa shape index (κ2) is 3.14. The first-order valence-electron chi connectivity index (χ1n) is 3.40. The van der Waals surface area contributed by atoms with Gasteiger partial charge >= 0.3 is 0 Å². The molecule has 0 radical (unpaired) electrons. The molecule has 0 amide bonds. The van der Waals surface area contributed by atoms with Crippen molar-refractivity contribution in [2.75, 3.05) is 0 Å². The predicted molar refractivity (Wildman–Crippen MR) is 41.9 cm³/mol. The zero-order valence-electron chi connectivity index (χ0n) is 6.23. The van der Waals surface area contributed by atoms with E-state index in [4.69, 9.17) is 0 Å². The molecule has 0 aromatic heterocycles. The number of nitrogens with zero attached hydrogens (tertiary/aromatic N) is 1. The third-order valence-electron chi connectivity index (χ3n) is 1.60. The van der Waals surface area contributed by atoms with E-state index in [1.165, 1.54) is 0 Å². The summed E-state index contributed by atoms with van der Waals surface area (Å²) in [5, 5.41) is 10.3. The van der Waals surface area contributed by atoms with E-state index >= 15 is 0 Å². The average molecular weight is 151 g/mol. The first-order chi connectivity index (χ1) is 5.22. The minimum absolute atomic E-state index is 0.296. The molecule has 0 bridgehead atoms. The van der Waals surface area contributed by atoms with Gasteiger partial charge < -0.3 is 0 Å². The van der Waals surface area contributed by atoms with Gasteiger partial charge in [0.25, 0.3) is 0 Å². The molecule has 3 heteroatoms.